The van der Waals surface area contributed by atoms with Crippen LogP contribution >= 0.6 is 0 Å². The molecule has 2 aliphatic heterocycles. The van der Waals surface area contributed by atoms with Gasteiger partial charge in [-0.3, -0.25) is 0 Å². The van der Waals surface area contributed by atoms with Crippen molar-refractivity contribution in [1.82, 2.24) is 20.4 Å². The Hall–Kier alpha value is -3.65. The quantitative estimate of drug-likeness (QED) is 0.254. The van der Waals surface area contributed by atoms with Crippen molar-refractivity contribution in [3.8, 4) is 0 Å². The van der Waals surface area contributed by atoms with Crippen molar-refractivity contribution in [3.05, 3.63) is 71.3 Å². The Labute approximate surface area is 304 Å². The third-order valence-electron chi connectivity index (χ3n) is 9.55. The second-order valence-corrected chi connectivity index (χ2v) is 20.6. The number of piperazine rings is 1. The highest BCUT2D eigenvalue weighted by molar-refractivity contribution is 6.74. The SMILES string of the molecule is CC(C)(C)OC(=O)NCc1ccc(CNC(=O)N2CCN(C(=O)O[C@@H]3CCO[C@H](CO[Si](C)(C)C(C)(C)C)[C@H]3OCc3ccccc3)CC2)cc1. The molecule has 3 atom stereocenters. The summed E-state index contributed by atoms with van der Waals surface area (Å²) in [6.45, 7) is 19.9. The highest BCUT2D eigenvalue weighted by Crippen LogP contribution is 2.37. The molecule has 0 unspecified atom stereocenters. The summed E-state index contributed by atoms with van der Waals surface area (Å²) in [6.07, 6.45) is -1.73. The van der Waals surface area contributed by atoms with E-state index in [1.807, 2.05) is 75.4 Å². The molecule has 2 aliphatic rings. The Morgan fingerprint density at radius 1 is 0.824 bits per heavy atom. The number of carbonyl (C=O) groups excluding carboxylic acids is 3. The maximum Gasteiger partial charge on any atom is 0.410 e. The van der Waals surface area contributed by atoms with Gasteiger partial charge in [-0.15, -0.1) is 0 Å². The summed E-state index contributed by atoms with van der Waals surface area (Å²) in [6, 6.07) is 17.4. The normalized spacial score (nSPS) is 20.0. The van der Waals surface area contributed by atoms with Crippen LogP contribution in [0.2, 0.25) is 18.1 Å². The van der Waals surface area contributed by atoms with Gasteiger partial charge in [-0.2, -0.15) is 0 Å². The van der Waals surface area contributed by atoms with E-state index in [9.17, 15) is 14.4 Å². The fraction of sp³-hybridized carbons (Fsp3) is 0.605. The van der Waals surface area contributed by atoms with Crippen molar-refractivity contribution < 1.29 is 37.8 Å². The number of rotatable bonds is 11. The van der Waals surface area contributed by atoms with E-state index >= 15 is 0 Å². The minimum Gasteiger partial charge on any atom is -0.444 e. The number of urea groups is 1. The predicted octanol–water partition coefficient (Wildman–Crippen LogP) is 6.44. The van der Waals surface area contributed by atoms with Crippen molar-refractivity contribution in [2.75, 3.05) is 39.4 Å². The van der Waals surface area contributed by atoms with Gasteiger partial charge in [-0.25, -0.2) is 14.4 Å². The van der Waals surface area contributed by atoms with Crippen LogP contribution in [0, 0.1) is 0 Å². The molecule has 2 aromatic rings. The van der Waals surface area contributed by atoms with Crippen LogP contribution in [0.15, 0.2) is 54.6 Å². The molecule has 282 valence electrons. The molecule has 0 radical (unpaired) electrons. The van der Waals surface area contributed by atoms with Crippen LogP contribution in [0.3, 0.4) is 0 Å². The van der Waals surface area contributed by atoms with Gasteiger partial charge in [-0.05, 0) is 55.6 Å². The fourth-order valence-electron chi connectivity index (χ4n) is 5.44. The van der Waals surface area contributed by atoms with Crippen molar-refractivity contribution in [2.45, 2.75) is 110 Å². The summed E-state index contributed by atoms with van der Waals surface area (Å²) in [5.41, 5.74) is 2.32. The first-order valence-electron chi connectivity index (χ1n) is 17.9. The van der Waals surface area contributed by atoms with Crippen LogP contribution in [-0.2, 0) is 43.1 Å². The summed E-state index contributed by atoms with van der Waals surface area (Å²) >= 11 is 0. The zero-order valence-corrected chi connectivity index (χ0v) is 32.7. The smallest absolute Gasteiger partial charge is 0.410 e. The number of carbonyl (C=O) groups is 3. The minimum absolute atomic E-state index is 0.0437. The Morgan fingerprint density at radius 3 is 2.00 bits per heavy atom. The highest BCUT2D eigenvalue weighted by Gasteiger charge is 2.42. The van der Waals surface area contributed by atoms with Crippen molar-refractivity contribution in [1.29, 1.82) is 0 Å². The molecule has 51 heavy (non-hydrogen) atoms. The molecular weight excluding hydrogens is 669 g/mol. The first-order chi connectivity index (χ1) is 24.0. The molecule has 2 heterocycles. The molecule has 13 heteroatoms. The van der Waals surface area contributed by atoms with Crippen molar-refractivity contribution in [2.24, 2.45) is 0 Å². The number of ether oxygens (including phenoxy) is 4. The molecule has 12 nitrogen and oxygen atoms in total. The van der Waals surface area contributed by atoms with Crippen LogP contribution in [0.25, 0.3) is 0 Å². The van der Waals surface area contributed by atoms with Crippen LogP contribution < -0.4 is 10.6 Å². The second kappa shape index (κ2) is 17.7. The first kappa shape index (κ1) is 40.1. The maximum absolute atomic E-state index is 13.4. The number of hydrogen-bond acceptors (Lipinski definition) is 8. The molecule has 0 spiro atoms. The van der Waals surface area contributed by atoms with Gasteiger partial charge >= 0.3 is 18.2 Å². The Bertz CT molecular complexity index is 1420. The van der Waals surface area contributed by atoms with Gasteiger partial charge in [0.25, 0.3) is 0 Å². The van der Waals surface area contributed by atoms with Gasteiger partial charge in [0.1, 0.15) is 23.9 Å². The van der Waals surface area contributed by atoms with Crippen molar-refractivity contribution >= 4 is 26.5 Å². The summed E-state index contributed by atoms with van der Waals surface area (Å²) in [5.74, 6) is 0. The highest BCUT2D eigenvalue weighted by atomic mass is 28.4. The van der Waals surface area contributed by atoms with E-state index in [1.54, 1.807) is 9.80 Å². The lowest BCUT2D eigenvalue weighted by Gasteiger charge is -2.42. The minimum atomic E-state index is -2.05. The number of alkyl carbamates (subject to hydrolysis) is 1. The lowest BCUT2D eigenvalue weighted by molar-refractivity contribution is -0.176. The predicted molar refractivity (Wildman–Crippen MR) is 198 cm³/mol. The summed E-state index contributed by atoms with van der Waals surface area (Å²) in [7, 11) is -2.05. The molecule has 2 aromatic carbocycles. The topological polar surface area (TPSA) is 128 Å². The zero-order chi connectivity index (χ0) is 37.2. The molecule has 2 N–H and O–H groups in total. The van der Waals surface area contributed by atoms with Gasteiger partial charge in [0.15, 0.2) is 8.32 Å². The maximum atomic E-state index is 13.4. The third kappa shape index (κ3) is 12.5. The lowest BCUT2D eigenvalue weighted by atomic mass is 10.0. The fourth-order valence-corrected chi connectivity index (χ4v) is 6.45. The molecule has 0 saturated carbocycles. The standard InChI is InChI=1S/C38H58N4O8Si/c1-37(2,3)50-35(44)40-25-29-16-14-28(15-17-29)24-39-34(43)41-19-21-42(22-20-41)36(45)49-31-18-23-46-32(27-48-51(7,8)38(4,5)6)33(31)47-26-30-12-10-9-11-13-30/h9-17,31-33H,18-27H2,1-8H3,(H,39,43)(H,40,44)/t31-,32-,33+/m1/s1. The van der Waals surface area contributed by atoms with E-state index in [-0.39, 0.29) is 17.2 Å². The molecule has 0 aromatic heterocycles. The number of benzene rings is 2. The van der Waals surface area contributed by atoms with E-state index in [1.165, 1.54) is 0 Å². The second-order valence-electron chi connectivity index (χ2n) is 15.8. The number of amides is 4. The third-order valence-corrected chi connectivity index (χ3v) is 14.0. The average Bonchev–Trinajstić information content (AvgIpc) is 3.08. The van der Waals surface area contributed by atoms with Crippen LogP contribution in [0.5, 0.6) is 0 Å². The molecule has 2 fully saturated rings. The Kier molecular flexibility index (Phi) is 13.9. The van der Waals surface area contributed by atoms with E-state index in [0.717, 1.165) is 16.7 Å². The molecular formula is C38H58N4O8Si. The van der Waals surface area contributed by atoms with Crippen LogP contribution in [-0.4, -0.2) is 99.6 Å². The average molecular weight is 727 g/mol. The Morgan fingerprint density at radius 2 is 1.41 bits per heavy atom. The van der Waals surface area contributed by atoms with Crippen molar-refractivity contribution in [3.63, 3.8) is 0 Å². The number of hydrogen-bond donors (Lipinski definition) is 2. The van der Waals surface area contributed by atoms with E-state index in [4.69, 9.17) is 23.4 Å². The van der Waals surface area contributed by atoms with Gasteiger partial charge in [0.2, 0.25) is 0 Å². The van der Waals surface area contributed by atoms with Crippen LogP contribution in [0.1, 0.15) is 64.7 Å². The zero-order valence-electron chi connectivity index (χ0n) is 31.7. The van der Waals surface area contributed by atoms with Gasteiger partial charge < -0.3 is 43.8 Å². The lowest BCUT2D eigenvalue weighted by Crippen LogP contribution is -2.56. The number of nitrogens with zero attached hydrogens (tertiary/aromatic N) is 2. The first-order valence-corrected chi connectivity index (χ1v) is 20.9. The largest absolute Gasteiger partial charge is 0.444 e. The molecule has 2 saturated heterocycles. The van der Waals surface area contributed by atoms with Gasteiger partial charge in [0, 0.05) is 45.7 Å². The van der Waals surface area contributed by atoms with Crippen LogP contribution in [0.4, 0.5) is 14.4 Å². The van der Waals surface area contributed by atoms with E-state index in [2.05, 4.69) is 44.5 Å². The molecule has 4 amide bonds. The molecule has 4 rings (SSSR count). The van der Waals surface area contributed by atoms with E-state index in [0.29, 0.717) is 65.5 Å². The Balaban J connectivity index is 1.25. The summed E-state index contributed by atoms with van der Waals surface area (Å²) in [5, 5.41) is 5.75. The monoisotopic (exact) mass is 726 g/mol. The number of nitrogens with one attached hydrogen (secondary N) is 2. The van der Waals surface area contributed by atoms with Gasteiger partial charge in [-0.1, -0.05) is 75.4 Å². The molecule has 0 bridgehead atoms. The van der Waals surface area contributed by atoms with Gasteiger partial charge in [0.05, 0.1) is 19.8 Å². The summed E-state index contributed by atoms with van der Waals surface area (Å²) in [4.78, 5) is 41.7. The van der Waals surface area contributed by atoms with E-state index < -0.39 is 38.3 Å². The summed E-state index contributed by atoms with van der Waals surface area (Å²) < 4.78 is 30.5. The molecule has 0 aliphatic carbocycles.